The van der Waals surface area contributed by atoms with E-state index in [1.807, 2.05) is 67.6 Å². The van der Waals surface area contributed by atoms with Gasteiger partial charge >= 0.3 is 0 Å². The van der Waals surface area contributed by atoms with Crippen LogP contribution in [0.25, 0.3) is 10.8 Å². The van der Waals surface area contributed by atoms with Gasteiger partial charge in [-0.15, -0.1) is 0 Å². The average molecular weight is 579 g/mol. The Morgan fingerprint density at radius 1 is 0.971 bits per heavy atom. The van der Waals surface area contributed by atoms with Gasteiger partial charge in [0.1, 0.15) is 6.61 Å². The lowest BCUT2D eigenvalue weighted by Gasteiger charge is -2.15. The van der Waals surface area contributed by atoms with Crippen LogP contribution in [0.5, 0.6) is 11.5 Å². The number of nitrogens with zero attached hydrogens (tertiary/aromatic N) is 1. The fourth-order valence-corrected chi connectivity index (χ4v) is 4.37. The number of benzene rings is 4. The normalized spacial score (nSPS) is 10.9. The Hall–Kier alpha value is -3.59. The molecule has 0 saturated heterocycles. The lowest BCUT2D eigenvalue weighted by molar-refractivity contribution is -0.119. The van der Waals surface area contributed by atoms with E-state index >= 15 is 0 Å². The smallest absolute Gasteiger partial charge is 0.259 e. The summed E-state index contributed by atoms with van der Waals surface area (Å²) >= 11 is 2.23. The van der Waals surface area contributed by atoms with Crippen LogP contribution < -0.4 is 20.2 Å². The molecule has 0 bridgehead atoms. The minimum atomic E-state index is -0.236. The van der Waals surface area contributed by atoms with Crippen molar-refractivity contribution in [3.63, 3.8) is 0 Å². The van der Waals surface area contributed by atoms with Crippen molar-refractivity contribution in [2.45, 2.75) is 13.5 Å². The molecule has 4 aromatic carbocycles. The molecule has 0 saturated carbocycles. The number of hydrogen-bond donors (Lipinski definition) is 2. The standard InChI is InChI=1S/C28H26IN3O3/c1-2-34-26-16-20(17-31-32-27(33)18-30-23-12-4-3-5-13-23)15-25(29)28(26)35-19-22-11-8-10-21-9-6-7-14-24(21)22/h3-17,30H,2,18-19H2,1H3,(H,32,33)/b31-17-. The third-order valence-corrected chi connectivity index (χ3v) is 6.01. The van der Waals surface area contributed by atoms with Crippen LogP contribution in [-0.2, 0) is 11.4 Å². The topological polar surface area (TPSA) is 72.0 Å². The second-order valence-electron chi connectivity index (χ2n) is 7.70. The highest BCUT2D eigenvalue weighted by Gasteiger charge is 2.13. The third kappa shape index (κ3) is 6.73. The Balaban J connectivity index is 1.42. The number of hydrogen-bond acceptors (Lipinski definition) is 5. The Morgan fingerprint density at radius 2 is 1.74 bits per heavy atom. The highest BCUT2D eigenvalue weighted by Crippen LogP contribution is 2.35. The third-order valence-electron chi connectivity index (χ3n) is 5.21. The fraction of sp³-hybridized carbons (Fsp3) is 0.143. The van der Waals surface area contributed by atoms with E-state index in [1.54, 1.807) is 6.21 Å². The van der Waals surface area contributed by atoms with Crippen molar-refractivity contribution in [2.75, 3.05) is 18.5 Å². The van der Waals surface area contributed by atoms with Gasteiger partial charge in [0.05, 0.1) is 22.9 Å². The number of para-hydroxylation sites is 1. The Kier molecular flexibility index (Phi) is 8.56. The second-order valence-corrected chi connectivity index (χ2v) is 8.86. The van der Waals surface area contributed by atoms with Crippen LogP contribution in [-0.4, -0.2) is 25.3 Å². The Labute approximate surface area is 218 Å². The number of ether oxygens (including phenoxy) is 2. The molecule has 4 aromatic rings. The molecule has 7 heteroatoms. The summed E-state index contributed by atoms with van der Waals surface area (Å²) in [6.07, 6.45) is 1.60. The molecule has 178 valence electrons. The maximum Gasteiger partial charge on any atom is 0.259 e. The second kappa shape index (κ2) is 12.2. The van der Waals surface area contributed by atoms with E-state index in [2.05, 4.69) is 62.7 Å². The number of halogens is 1. The van der Waals surface area contributed by atoms with E-state index in [0.29, 0.717) is 24.7 Å². The van der Waals surface area contributed by atoms with Gasteiger partial charge in [-0.05, 0) is 75.7 Å². The van der Waals surface area contributed by atoms with E-state index in [1.165, 1.54) is 10.8 Å². The number of hydrazone groups is 1. The van der Waals surface area contributed by atoms with Gasteiger partial charge in [0.15, 0.2) is 11.5 Å². The molecule has 0 aliphatic carbocycles. The molecular weight excluding hydrogens is 553 g/mol. The SMILES string of the molecule is CCOc1cc(/C=N\NC(=O)CNc2ccccc2)cc(I)c1OCc1cccc2ccccc12. The minimum Gasteiger partial charge on any atom is -0.490 e. The molecule has 0 spiro atoms. The first-order valence-corrected chi connectivity index (χ1v) is 12.4. The largest absolute Gasteiger partial charge is 0.490 e. The van der Waals surface area contributed by atoms with Crippen LogP contribution >= 0.6 is 22.6 Å². The molecule has 4 rings (SSSR count). The molecule has 0 atom stereocenters. The first kappa shape index (κ1) is 24.5. The van der Waals surface area contributed by atoms with Gasteiger partial charge in [0.2, 0.25) is 0 Å². The molecule has 0 unspecified atom stereocenters. The van der Waals surface area contributed by atoms with E-state index in [-0.39, 0.29) is 12.5 Å². The van der Waals surface area contributed by atoms with Crippen LogP contribution in [0.3, 0.4) is 0 Å². The maximum absolute atomic E-state index is 12.1. The van der Waals surface area contributed by atoms with Crippen molar-refractivity contribution in [3.05, 3.63) is 99.6 Å². The number of anilines is 1. The molecule has 6 nitrogen and oxygen atoms in total. The summed E-state index contributed by atoms with van der Waals surface area (Å²) in [6.45, 7) is 2.99. The first-order valence-electron chi connectivity index (χ1n) is 11.3. The number of rotatable bonds is 10. The van der Waals surface area contributed by atoms with Crippen molar-refractivity contribution < 1.29 is 14.3 Å². The summed E-state index contributed by atoms with van der Waals surface area (Å²) in [5.74, 6) is 1.09. The van der Waals surface area contributed by atoms with Gasteiger partial charge < -0.3 is 14.8 Å². The quantitative estimate of drug-likeness (QED) is 0.138. The van der Waals surface area contributed by atoms with Crippen LogP contribution in [0.4, 0.5) is 5.69 Å². The number of carbonyl (C=O) groups excluding carboxylic acids is 1. The predicted molar refractivity (Wildman–Crippen MR) is 149 cm³/mol. The van der Waals surface area contributed by atoms with Crippen LogP contribution in [0.2, 0.25) is 0 Å². The van der Waals surface area contributed by atoms with Crippen molar-refractivity contribution in [2.24, 2.45) is 5.10 Å². The zero-order valence-corrected chi connectivity index (χ0v) is 21.5. The summed E-state index contributed by atoms with van der Waals surface area (Å²) in [4.78, 5) is 12.1. The Bertz CT molecular complexity index is 1320. The number of carbonyl (C=O) groups is 1. The van der Waals surface area contributed by atoms with Gasteiger partial charge in [0.25, 0.3) is 5.91 Å². The minimum absolute atomic E-state index is 0.129. The summed E-state index contributed by atoms with van der Waals surface area (Å²) in [6, 6.07) is 27.8. The molecule has 0 aliphatic rings. The molecule has 0 fully saturated rings. The summed E-state index contributed by atoms with van der Waals surface area (Å²) < 4.78 is 13.0. The van der Waals surface area contributed by atoms with Crippen molar-refractivity contribution in [3.8, 4) is 11.5 Å². The van der Waals surface area contributed by atoms with Gasteiger partial charge in [-0.1, -0.05) is 60.7 Å². The molecule has 0 aromatic heterocycles. The summed E-state index contributed by atoms with van der Waals surface area (Å²) in [5, 5.41) is 9.49. The van der Waals surface area contributed by atoms with Crippen LogP contribution in [0.1, 0.15) is 18.1 Å². The molecule has 0 aliphatic heterocycles. The highest BCUT2D eigenvalue weighted by atomic mass is 127. The zero-order valence-electron chi connectivity index (χ0n) is 19.3. The van der Waals surface area contributed by atoms with Gasteiger partial charge in [-0.2, -0.15) is 5.10 Å². The highest BCUT2D eigenvalue weighted by molar-refractivity contribution is 14.1. The fourth-order valence-electron chi connectivity index (χ4n) is 3.59. The van der Waals surface area contributed by atoms with E-state index < -0.39 is 0 Å². The molecule has 0 heterocycles. The van der Waals surface area contributed by atoms with Gasteiger partial charge in [-0.3, -0.25) is 4.79 Å². The number of nitrogens with one attached hydrogen (secondary N) is 2. The molecule has 0 radical (unpaired) electrons. The monoisotopic (exact) mass is 579 g/mol. The number of amides is 1. The van der Waals surface area contributed by atoms with E-state index in [0.717, 1.165) is 20.4 Å². The summed E-state index contributed by atoms with van der Waals surface area (Å²) in [5.41, 5.74) is 5.33. The van der Waals surface area contributed by atoms with E-state index in [4.69, 9.17) is 9.47 Å². The van der Waals surface area contributed by atoms with Gasteiger partial charge in [0, 0.05) is 5.69 Å². The van der Waals surface area contributed by atoms with Crippen LogP contribution in [0.15, 0.2) is 90.0 Å². The van der Waals surface area contributed by atoms with Gasteiger partial charge in [-0.25, -0.2) is 5.43 Å². The first-order chi connectivity index (χ1) is 17.1. The zero-order chi connectivity index (χ0) is 24.5. The average Bonchev–Trinajstić information content (AvgIpc) is 2.88. The van der Waals surface area contributed by atoms with Crippen molar-refractivity contribution >= 4 is 51.2 Å². The lowest BCUT2D eigenvalue weighted by atomic mass is 10.1. The molecule has 1 amide bonds. The maximum atomic E-state index is 12.1. The molecule has 35 heavy (non-hydrogen) atoms. The lowest BCUT2D eigenvalue weighted by Crippen LogP contribution is -2.25. The molecule has 2 N–H and O–H groups in total. The van der Waals surface area contributed by atoms with Crippen LogP contribution in [0, 0.1) is 3.57 Å². The van der Waals surface area contributed by atoms with E-state index in [9.17, 15) is 4.79 Å². The Morgan fingerprint density at radius 3 is 2.57 bits per heavy atom. The summed E-state index contributed by atoms with van der Waals surface area (Å²) in [7, 11) is 0. The van der Waals surface area contributed by atoms with Crippen molar-refractivity contribution in [1.82, 2.24) is 5.43 Å². The molecular formula is C28H26IN3O3. The van der Waals surface area contributed by atoms with Crippen molar-refractivity contribution in [1.29, 1.82) is 0 Å². The number of fused-ring (bicyclic) bond motifs is 1. The predicted octanol–water partition coefficient (Wildman–Crippen LogP) is 5.98.